The fourth-order valence-electron chi connectivity index (χ4n) is 3.12. The predicted molar refractivity (Wildman–Crippen MR) is 123 cm³/mol. The highest BCUT2D eigenvalue weighted by atomic mass is 35.5. The Morgan fingerprint density at radius 2 is 1.65 bits per heavy atom. The summed E-state index contributed by atoms with van der Waals surface area (Å²) >= 11 is 6.18. The van der Waals surface area contributed by atoms with Crippen LogP contribution in [-0.2, 0) is 6.61 Å². The van der Waals surface area contributed by atoms with Crippen LogP contribution in [0.25, 0.3) is 10.8 Å². The fourth-order valence-corrected chi connectivity index (χ4v) is 3.31. The smallest absolute Gasteiger partial charge is 0.275 e. The van der Waals surface area contributed by atoms with E-state index in [1.807, 2.05) is 72.8 Å². The Morgan fingerprint density at radius 3 is 2.45 bits per heavy atom. The number of ether oxygens (including phenoxy) is 1. The van der Waals surface area contributed by atoms with Gasteiger partial charge in [-0.25, -0.2) is 5.43 Å². The quantitative estimate of drug-likeness (QED) is 0.311. The van der Waals surface area contributed by atoms with Crippen molar-refractivity contribution in [3.05, 3.63) is 107 Å². The van der Waals surface area contributed by atoms with E-state index in [4.69, 9.17) is 16.3 Å². The van der Waals surface area contributed by atoms with Crippen LogP contribution in [-0.4, -0.2) is 17.2 Å². The lowest BCUT2D eigenvalue weighted by Crippen LogP contribution is -2.17. The lowest BCUT2D eigenvalue weighted by atomic mass is 10.1. The molecule has 0 spiro atoms. The molecule has 6 heteroatoms. The molecule has 0 radical (unpaired) electrons. The number of fused-ring (bicyclic) bond motifs is 1. The molecule has 0 saturated heterocycles. The van der Waals surface area contributed by atoms with Gasteiger partial charge in [0.1, 0.15) is 18.1 Å². The molecule has 0 aliphatic rings. The summed E-state index contributed by atoms with van der Waals surface area (Å²) in [7, 11) is 0. The van der Waals surface area contributed by atoms with Crippen LogP contribution >= 0.6 is 11.6 Å². The highest BCUT2D eigenvalue weighted by Crippen LogP contribution is 2.25. The summed E-state index contributed by atoms with van der Waals surface area (Å²) in [5, 5.41) is 16.6. The van der Waals surface area contributed by atoms with Crippen LogP contribution in [0, 0.1) is 0 Å². The summed E-state index contributed by atoms with van der Waals surface area (Å²) in [6, 6.07) is 25.5. The van der Waals surface area contributed by atoms with Gasteiger partial charge in [-0.05, 0) is 41.1 Å². The first-order valence-corrected chi connectivity index (χ1v) is 10.00. The summed E-state index contributed by atoms with van der Waals surface area (Å²) in [4.78, 5) is 12.5. The van der Waals surface area contributed by atoms with Gasteiger partial charge in [0.25, 0.3) is 5.91 Å². The molecule has 0 atom stereocenters. The van der Waals surface area contributed by atoms with Crippen molar-refractivity contribution in [2.75, 3.05) is 0 Å². The van der Waals surface area contributed by atoms with Gasteiger partial charge in [0, 0.05) is 16.1 Å². The number of hydrogen-bond donors (Lipinski definition) is 2. The van der Waals surface area contributed by atoms with Crippen LogP contribution in [0.15, 0.2) is 90.0 Å². The zero-order valence-electron chi connectivity index (χ0n) is 16.5. The number of rotatable bonds is 6. The van der Waals surface area contributed by atoms with Gasteiger partial charge in [0.05, 0.1) is 11.8 Å². The van der Waals surface area contributed by atoms with E-state index in [0.717, 1.165) is 16.3 Å². The maximum Gasteiger partial charge on any atom is 0.275 e. The van der Waals surface area contributed by atoms with Crippen molar-refractivity contribution >= 4 is 34.5 Å². The van der Waals surface area contributed by atoms with Gasteiger partial charge in [0.2, 0.25) is 0 Å². The van der Waals surface area contributed by atoms with Crippen molar-refractivity contribution < 1.29 is 14.6 Å². The van der Waals surface area contributed by atoms with Gasteiger partial charge in [-0.2, -0.15) is 5.10 Å². The maximum atomic E-state index is 12.5. The van der Waals surface area contributed by atoms with E-state index in [0.29, 0.717) is 22.9 Å². The van der Waals surface area contributed by atoms with Gasteiger partial charge in [0.15, 0.2) is 0 Å². The summed E-state index contributed by atoms with van der Waals surface area (Å²) in [6.07, 6.45) is 1.50. The van der Waals surface area contributed by atoms with Crippen LogP contribution in [0.2, 0.25) is 5.02 Å². The molecule has 0 aliphatic carbocycles. The number of carbonyl (C=O) groups excluding carboxylic acids is 1. The lowest BCUT2D eigenvalue weighted by molar-refractivity contribution is 0.0952. The third kappa shape index (κ3) is 4.85. The third-order valence-electron chi connectivity index (χ3n) is 4.74. The van der Waals surface area contributed by atoms with Crippen LogP contribution in [0.4, 0.5) is 0 Å². The molecule has 4 aromatic rings. The minimum absolute atomic E-state index is 0.102. The Hall–Kier alpha value is -3.83. The standard InChI is InChI=1S/C25H19ClN2O3/c26-22-11-5-3-10-20(22)16-31-24-12-6-4-9-19(24)15-27-28-25(30)21-13-17-7-1-2-8-18(17)14-23(21)29/h1-15,29H,16H2,(H,28,30)/b27-15+. The average Bonchev–Trinajstić information content (AvgIpc) is 2.78. The van der Waals surface area contributed by atoms with E-state index >= 15 is 0 Å². The lowest BCUT2D eigenvalue weighted by Gasteiger charge is -2.10. The summed E-state index contributed by atoms with van der Waals surface area (Å²) in [6.45, 7) is 0.307. The SMILES string of the molecule is O=C(N/N=C/c1ccccc1OCc1ccccc1Cl)c1cc2ccccc2cc1O. The second kappa shape index (κ2) is 9.32. The minimum atomic E-state index is -0.506. The first kappa shape index (κ1) is 20.4. The minimum Gasteiger partial charge on any atom is -0.507 e. The number of carbonyl (C=O) groups is 1. The van der Waals surface area contributed by atoms with E-state index in [1.54, 1.807) is 12.1 Å². The first-order chi connectivity index (χ1) is 15.1. The number of phenolic OH excluding ortho intramolecular Hbond substituents is 1. The Bertz CT molecular complexity index is 1270. The third-order valence-corrected chi connectivity index (χ3v) is 5.11. The first-order valence-electron chi connectivity index (χ1n) is 9.62. The molecular weight excluding hydrogens is 412 g/mol. The van der Waals surface area contributed by atoms with Crippen molar-refractivity contribution in [3.63, 3.8) is 0 Å². The van der Waals surface area contributed by atoms with E-state index in [-0.39, 0.29) is 11.3 Å². The monoisotopic (exact) mass is 430 g/mol. The summed E-state index contributed by atoms with van der Waals surface area (Å²) < 4.78 is 5.89. The topological polar surface area (TPSA) is 70.9 Å². The number of hydrogen-bond acceptors (Lipinski definition) is 4. The second-order valence-electron chi connectivity index (χ2n) is 6.83. The molecule has 31 heavy (non-hydrogen) atoms. The molecule has 0 heterocycles. The highest BCUT2D eigenvalue weighted by molar-refractivity contribution is 6.31. The van der Waals surface area contributed by atoms with Crippen molar-refractivity contribution in [3.8, 4) is 11.5 Å². The van der Waals surface area contributed by atoms with Gasteiger partial charge < -0.3 is 9.84 Å². The molecule has 4 rings (SSSR count). The predicted octanol–water partition coefficient (Wildman–Crippen LogP) is 5.54. The van der Waals surface area contributed by atoms with Crippen LogP contribution < -0.4 is 10.2 Å². The van der Waals surface area contributed by atoms with Crippen molar-refractivity contribution in [2.45, 2.75) is 6.61 Å². The largest absolute Gasteiger partial charge is 0.507 e. The van der Waals surface area contributed by atoms with Crippen LogP contribution in [0.3, 0.4) is 0 Å². The number of amides is 1. The average molecular weight is 431 g/mol. The molecule has 0 unspecified atom stereocenters. The Labute approximate surface area is 184 Å². The molecule has 4 aromatic carbocycles. The zero-order valence-corrected chi connectivity index (χ0v) is 17.2. The number of hydrazone groups is 1. The van der Waals surface area contributed by atoms with Gasteiger partial charge in [-0.1, -0.05) is 66.2 Å². The Balaban J connectivity index is 1.46. The maximum absolute atomic E-state index is 12.5. The molecular formula is C25H19ClN2O3. The number of para-hydroxylation sites is 1. The molecule has 0 fully saturated rings. The molecule has 0 saturated carbocycles. The van der Waals surface area contributed by atoms with Gasteiger partial charge >= 0.3 is 0 Å². The number of phenols is 1. The number of aromatic hydroxyl groups is 1. The molecule has 0 aliphatic heterocycles. The van der Waals surface area contributed by atoms with Crippen LogP contribution in [0.5, 0.6) is 11.5 Å². The van der Waals surface area contributed by atoms with E-state index < -0.39 is 5.91 Å². The molecule has 154 valence electrons. The molecule has 1 amide bonds. The summed E-state index contributed by atoms with van der Waals surface area (Å²) in [5.41, 5.74) is 4.17. The Kier molecular flexibility index (Phi) is 6.15. The molecule has 0 aromatic heterocycles. The highest BCUT2D eigenvalue weighted by Gasteiger charge is 2.12. The fraction of sp³-hybridized carbons (Fsp3) is 0.0400. The van der Waals surface area contributed by atoms with E-state index in [1.165, 1.54) is 6.21 Å². The van der Waals surface area contributed by atoms with Crippen molar-refractivity contribution in [1.29, 1.82) is 0 Å². The number of nitrogens with zero attached hydrogens (tertiary/aromatic N) is 1. The molecule has 5 nitrogen and oxygen atoms in total. The number of nitrogens with one attached hydrogen (secondary N) is 1. The van der Waals surface area contributed by atoms with Gasteiger partial charge in [-0.15, -0.1) is 0 Å². The van der Waals surface area contributed by atoms with Crippen molar-refractivity contribution in [2.24, 2.45) is 5.10 Å². The van der Waals surface area contributed by atoms with E-state index in [9.17, 15) is 9.90 Å². The van der Waals surface area contributed by atoms with Crippen LogP contribution in [0.1, 0.15) is 21.5 Å². The summed E-state index contributed by atoms with van der Waals surface area (Å²) in [5.74, 6) is -0.00202. The van der Waals surface area contributed by atoms with Crippen molar-refractivity contribution in [1.82, 2.24) is 5.43 Å². The second-order valence-corrected chi connectivity index (χ2v) is 7.24. The molecule has 2 N–H and O–H groups in total. The van der Waals surface area contributed by atoms with E-state index in [2.05, 4.69) is 10.5 Å². The number of halogens is 1. The Morgan fingerprint density at radius 1 is 0.968 bits per heavy atom. The zero-order chi connectivity index (χ0) is 21.6. The normalized spacial score (nSPS) is 11.0. The number of benzene rings is 4. The van der Waals surface area contributed by atoms with Gasteiger partial charge in [-0.3, -0.25) is 4.79 Å². The molecule has 0 bridgehead atoms.